The van der Waals surface area contributed by atoms with E-state index in [9.17, 15) is 32.8 Å². The van der Waals surface area contributed by atoms with Gasteiger partial charge in [-0.3, -0.25) is 23.9 Å². The number of hydrogen-bond acceptors (Lipinski definition) is 8. The second-order valence-electron chi connectivity index (χ2n) is 9.85. The number of carboxylic acid groups (broad SMARTS) is 1. The van der Waals surface area contributed by atoms with Crippen LogP contribution in [0.3, 0.4) is 0 Å². The number of amides is 1. The number of nitriles is 1. The van der Waals surface area contributed by atoms with Crippen LogP contribution in [-0.2, 0) is 17.5 Å². The van der Waals surface area contributed by atoms with Gasteiger partial charge in [-0.15, -0.1) is 11.3 Å². The number of aryl methyl sites for hydroxylation is 2. The first kappa shape index (κ1) is 31.4. The molecule has 232 valence electrons. The Hall–Kier alpha value is -5.00. The van der Waals surface area contributed by atoms with E-state index in [1.165, 1.54) is 22.8 Å². The first-order chi connectivity index (χ1) is 21.3. The lowest BCUT2D eigenvalue weighted by molar-refractivity contribution is -0.137. The van der Waals surface area contributed by atoms with Crippen molar-refractivity contribution in [3.8, 4) is 22.9 Å². The number of carboxylic acids is 1. The van der Waals surface area contributed by atoms with Gasteiger partial charge in [0.1, 0.15) is 30.8 Å². The fraction of sp³-hybridized carbons (Fsp3) is 0.200. The third kappa shape index (κ3) is 6.31. The maximum absolute atomic E-state index is 13.3. The van der Waals surface area contributed by atoms with Crippen molar-refractivity contribution in [3.63, 3.8) is 0 Å². The van der Waals surface area contributed by atoms with Gasteiger partial charge in [0.25, 0.3) is 11.5 Å². The Labute approximate surface area is 262 Å². The summed E-state index contributed by atoms with van der Waals surface area (Å²) in [6.45, 7) is 2.55. The minimum absolute atomic E-state index is 0. The van der Waals surface area contributed by atoms with Crippen LogP contribution < -0.4 is 15.6 Å². The third-order valence-electron chi connectivity index (χ3n) is 6.80. The van der Waals surface area contributed by atoms with E-state index in [0.29, 0.717) is 43.9 Å². The molecule has 5 aromatic rings. The van der Waals surface area contributed by atoms with E-state index in [1.54, 1.807) is 42.6 Å². The standard InChI is InChI=1S/C30H21ClF3N5O5S.H2/c1-14-7-20(27-26(37-14)21(13-45-27)28(42)36-12-24(40)41)19-10-18(31)3-4-23(19)44-6-5-39-15(2)38-22-9-17(30(32,33)34)8-16(11-35)25(22)29(39)43;/h3-4,7-10,13H,5-6,12H2,1-2H3,(H,36,42)(H,40,41);1H. The number of nitrogens with zero attached hydrogens (tertiary/aromatic N) is 4. The minimum atomic E-state index is -4.72. The Balaban J connectivity index is 0.00000480. The minimum Gasteiger partial charge on any atom is -0.491 e. The monoisotopic (exact) mass is 657 g/mol. The van der Waals surface area contributed by atoms with E-state index in [-0.39, 0.29) is 36.9 Å². The van der Waals surface area contributed by atoms with Gasteiger partial charge in [-0.1, -0.05) is 11.6 Å². The van der Waals surface area contributed by atoms with Crippen LogP contribution >= 0.6 is 22.9 Å². The number of rotatable bonds is 8. The summed E-state index contributed by atoms with van der Waals surface area (Å²) < 4.78 is 47.9. The van der Waals surface area contributed by atoms with Crippen molar-refractivity contribution >= 4 is 55.9 Å². The lowest BCUT2D eigenvalue weighted by Gasteiger charge is -2.16. The van der Waals surface area contributed by atoms with E-state index < -0.39 is 41.3 Å². The smallest absolute Gasteiger partial charge is 0.416 e. The number of nitrogens with one attached hydrogen (secondary N) is 1. The Kier molecular flexibility index (Phi) is 8.51. The lowest BCUT2D eigenvalue weighted by atomic mass is 10.0. The number of fused-ring (bicyclic) bond motifs is 2. The number of carbonyl (C=O) groups excluding carboxylic acids is 1. The molecule has 0 spiro atoms. The zero-order chi connectivity index (χ0) is 32.6. The average Bonchev–Trinajstić information content (AvgIpc) is 3.40. The number of hydrogen-bond donors (Lipinski definition) is 2. The van der Waals surface area contributed by atoms with Gasteiger partial charge in [0, 0.05) is 28.7 Å². The molecule has 0 fully saturated rings. The van der Waals surface area contributed by atoms with Gasteiger partial charge in [-0.2, -0.15) is 18.4 Å². The summed E-state index contributed by atoms with van der Waals surface area (Å²) in [5.41, 5.74) is -0.0586. The van der Waals surface area contributed by atoms with Crippen molar-refractivity contribution in [3.05, 3.63) is 85.4 Å². The molecule has 0 saturated carbocycles. The van der Waals surface area contributed by atoms with Crippen LogP contribution in [0.2, 0.25) is 5.02 Å². The van der Waals surface area contributed by atoms with Crippen LogP contribution in [0.15, 0.2) is 46.6 Å². The predicted octanol–water partition coefficient (Wildman–Crippen LogP) is 5.97. The maximum atomic E-state index is 13.3. The number of ether oxygens (including phenoxy) is 1. The van der Waals surface area contributed by atoms with Gasteiger partial charge in [-0.25, -0.2) is 4.98 Å². The Morgan fingerprint density at radius 2 is 1.93 bits per heavy atom. The van der Waals surface area contributed by atoms with Gasteiger partial charge in [-0.05, 0) is 50.2 Å². The van der Waals surface area contributed by atoms with Crippen molar-refractivity contribution in [2.75, 3.05) is 13.2 Å². The molecular formula is C30H23ClF3N5O5S. The maximum Gasteiger partial charge on any atom is 0.416 e. The molecule has 3 aromatic heterocycles. The van der Waals surface area contributed by atoms with Crippen LogP contribution in [0, 0.1) is 25.2 Å². The van der Waals surface area contributed by atoms with Crippen molar-refractivity contribution in [1.29, 1.82) is 5.26 Å². The van der Waals surface area contributed by atoms with Crippen molar-refractivity contribution in [2.24, 2.45) is 0 Å². The number of aliphatic carboxylic acids is 1. The van der Waals surface area contributed by atoms with Crippen LogP contribution in [-0.4, -0.2) is 44.7 Å². The molecule has 5 rings (SSSR count). The summed E-state index contributed by atoms with van der Waals surface area (Å²) in [4.78, 5) is 45.6. The summed E-state index contributed by atoms with van der Waals surface area (Å²) in [5.74, 6) is -1.27. The number of carbonyl (C=O) groups is 2. The van der Waals surface area contributed by atoms with Crippen LogP contribution in [0.1, 0.15) is 34.4 Å². The fourth-order valence-electron chi connectivity index (χ4n) is 4.81. The van der Waals surface area contributed by atoms with Crippen molar-refractivity contribution in [1.82, 2.24) is 19.9 Å². The van der Waals surface area contributed by atoms with Gasteiger partial charge >= 0.3 is 12.1 Å². The molecule has 2 aromatic carbocycles. The molecule has 1 amide bonds. The summed E-state index contributed by atoms with van der Waals surface area (Å²) >= 11 is 7.57. The molecule has 0 atom stereocenters. The number of aromatic nitrogens is 3. The summed E-state index contributed by atoms with van der Waals surface area (Å²) in [6, 6.07) is 9.74. The molecule has 0 aliphatic rings. The van der Waals surface area contributed by atoms with Crippen LogP contribution in [0.25, 0.3) is 32.2 Å². The zero-order valence-corrected chi connectivity index (χ0v) is 25.0. The third-order valence-corrected chi connectivity index (χ3v) is 8.03. The zero-order valence-electron chi connectivity index (χ0n) is 23.5. The number of benzene rings is 2. The van der Waals surface area contributed by atoms with E-state index in [2.05, 4.69) is 15.3 Å². The molecule has 0 saturated heterocycles. The van der Waals surface area contributed by atoms with E-state index in [1.807, 2.05) is 0 Å². The molecular weight excluding hydrogens is 635 g/mol. The molecule has 0 bridgehead atoms. The number of thiophene rings is 1. The van der Waals surface area contributed by atoms with E-state index in [0.717, 1.165) is 6.07 Å². The molecule has 15 heteroatoms. The highest BCUT2D eigenvalue weighted by atomic mass is 35.5. The molecule has 0 aliphatic heterocycles. The largest absolute Gasteiger partial charge is 0.491 e. The predicted molar refractivity (Wildman–Crippen MR) is 163 cm³/mol. The fourth-order valence-corrected chi connectivity index (χ4v) is 6.00. The summed E-state index contributed by atoms with van der Waals surface area (Å²) in [5, 5.41) is 22.5. The topological polar surface area (TPSA) is 147 Å². The second-order valence-corrected chi connectivity index (χ2v) is 11.2. The van der Waals surface area contributed by atoms with Gasteiger partial charge in [0.2, 0.25) is 0 Å². The summed E-state index contributed by atoms with van der Waals surface area (Å²) in [7, 11) is 0. The molecule has 0 radical (unpaired) electrons. The number of halogens is 4. The molecule has 45 heavy (non-hydrogen) atoms. The Morgan fingerprint density at radius 1 is 1.18 bits per heavy atom. The van der Waals surface area contributed by atoms with Crippen molar-refractivity contribution < 1.29 is 34.0 Å². The lowest BCUT2D eigenvalue weighted by Crippen LogP contribution is -2.29. The number of alkyl halides is 3. The first-order valence-electron chi connectivity index (χ1n) is 13.1. The SMILES string of the molecule is Cc1cc(-c2cc(Cl)ccc2OCCn2c(C)nc3cc(C(F)(F)F)cc(C#N)c3c2=O)c2scc(C(=O)NCC(=O)O)c2n1.[HH]. The highest BCUT2D eigenvalue weighted by Gasteiger charge is 2.32. The second kappa shape index (κ2) is 12.2. The first-order valence-corrected chi connectivity index (χ1v) is 14.4. The van der Waals surface area contributed by atoms with Crippen LogP contribution in [0.5, 0.6) is 5.75 Å². The average molecular weight is 658 g/mol. The normalized spacial score (nSPS) is 11.5. The highest BCUT2D eigenvalue weighted by Crippen LogP contribution is 2.40. The number of pyridine rings is 1. The molecule has 0 unspecified atom stereocenters. The molecule has 10 nitrogen and oxygen atoms in total. The Bertz CT molecular complexity index is 2130. The summed E-state index contributed by atoms with van der Waals surface area (Å²) in [6.07, 6.45) is -4.72. The quantitative estimate of drug-likeness (QED) is 0.207. The van der Waals surface area contributed by atoms with E-state index in [4.69, 9.17) is 21.4 Å². The van der Waals surface area contributed by atoms with Crippen molar-refractivity contribution in [2.45, 2.75) is 26.6 Å². The Morgan fingerprint density at radius 3 is 2.62 bits per heavy atom. The molecule has 2 N–H and O–H groups in total. The van der Waals surface area contributed by atoms with E-state index >= 15 is 0 Å². The molecule has 3 heterocycles. The van der Waals surface area contributed by atoms with Gasteiger partial charge in [0.15, 0.2) is 0 Å². The van der Waals surface area contributed by atoms with Crippen LogP contribution in [0.4, 0.5) is 13.2 Å². The van der Waals surface area contributed by atoms with Gasteiger partial charge < -0.3 is 15.2 Å². The molecule has 0 aliphatic carbocycles. The van der Waals surface area contributed by atoms with Gasteiger partial charge in [0.05, 0.1) is 44.4 Å². The highest BCUT2D eigenvalue weighted by molar-refractivity contribution is 7.18.